The number of carboxylic acid groups (broad SMARTS) is 1. The number of rotatable bonds is 9. The van der Waals surface area contributed by atoms with Crippen LogP contribution in [0.15, 0.2) is 57.8 Å². The van der Waals surface area contributed by atoms with Crippen molar-refractivity contribution in [1.29, 1.82) is 0 Å². The number of nitrogens with one attached hydrogen (secondary N) is 2. The SMILES string of the molecule is CC[C@@H](C(=O)Nc1ccc(OC)c(NS(=O)(=O)c2ccc(-c3ccc(C)o3)c(F)c2)c1)N(C(=O)O)C(C)(C)C. The highest BCUT2D eigenvalue weighted by Crippen LogP contribution is 2.32. The lowest BCUT2D eigenvalue weighted by Crippen LogP contribution is -2.55. The van der Waals surface area contributed by atoms with Gasteiger partial charge in [0.25, 0.3) is 10.0 Å². The van der Waals surface area contributed by atoms with Gasteiger partial charge >= 0.3 is 6.09 Å². The summed E-state index contributed by atoms with van der Waals surface area (Å²) in [5.74, 6) is -0.368. The number of sulfonamides is 1. The van der Waals surface area contributed by atoms with E-state index in [2.05, 4.69) is 10.0 Å². The molecule has 0 spiro atoms. The Morgan fingerprint density at radius 1 is 1.13 bits per heavy atom. The van der Waals surface area contributed by atoms with Gasteiger partial charge in [-0.1, -0.05) is 6.92 Å². The summed E-state index contributed by atoms with van der Waals surface area (Å²) < 4.78 is 54.1. The second-order valence-corrected chi connectivity index (χ2v) is 11.5. The van der Waals surface area contributed by atoms with Crippen molar-refractivity contribution in [2.24, 2.45) is 0 Å². The molecule has 10 nitrogen and oxygen atoms in total. The third-order valence-corrected chi connectivity index (χ3v) is 7.26. The highest BCUT2D eigenvalue weighted by molar-refractivity contribution is 7.92. The fraction of sp³-hybridized carbons (Fsp3) is 0.333. The van der Waals surface area contributed by atoms with Crippen LogP contribution in [-0.2, 0) is 14.8 Å². The first kappa shape index (κ1) is 29.5. The highest BCUT2D eigenvalue weighted by Gasteiger charge is 2.36. The van der Waals surface area contributed by atoms with Crippen molar-refractivity contribution in [2.45, 2.75) is 57.5 Å². The molecule has 0 bridgehead atoms. The molecule has 2 aromatic carbocycles. The van der Waals surface area contributed by atoms with E-state index in [9.17, 15) is 27.5 Å². The van der Waals surface area contributed by atoms with Gasteiger partial charge in [-0.3, -0.25) is 14.4 Å². The molecule has 0 aliphatic heterocycles. The molecule has 0 radical (unpaired) electrons. The molecule has 12 heteroatoms. The van der Waals surface area contributed by atoms with Crippen LogP contribution in [0.3, 0.4) is 0 Å². The number of aryl methyl sites for hydroxylation is 1. The molecule has 1 aromatic heterocycles. The monoisotopic (exact) mass is 561 g/mol. The molecule has 3 rings (SSSR count). The Balaban J connectivity index is 1.88. The largest absolute Gasteiger partial charge is 0.495 e. The van der Waals surface area contributed by atoms with E-state index in [-0.39, 0.29) is 39.8 Å². The van der Waals surface area contributed by atoms with Gasteiger partial charge in [0.2, 0.25) is 5.91 Å². The molecule has 1 heterocycles. The molecular weight excluding hydrogens is 529 g/mol. The number of methoxy groups -OCH3 is 1. The Morgan fingerprint density at radius 3 is 2.33 bits per heavy atom. The highest BCUT2D eigenvalue weighted by atomic mass is 32.2. The molecule has 0 aliphatic rings. The third-order valence-electron chi connectivity index (χ3n) is 5.90. The van der Waals surface area contributed by atoms with Gasteiger partial charge in [-0.2, -0.15) is 0 Å². The van der Waals surface area contributed by atoms with Crippen LogP contribution in [0.1, 0.15) is 39.9 Å². The minimum atomic E-state index is -4.27. The van der Waals surface area contributed by atoms with Crippen LogP contribution in [0.4, 0.5) is 20.6 Å². The molecule has 0 fully saturated rings. The predicted octanol–water partition coefficient (Wildman–Crippen LogP) is 5.70. The number of hydrogen-bond acceptors (Lipinski definition) is 6. The Hall–Kier alpha value is -4.06. The standard InChI is InChI=1S/C27H32FN3O7S/c1-7-22(31(26(33)34)27(3,4)5)25(32)29-17-9-13-24(37-6)21(14-17)30-39(35,36)18-10-11-19(20(28)15-18)23-12-8-16(2)38-23/h8-15,22,30H,7H2,1-6H3,(H,29,32)(H,33,34)/t22-/m0/s1. The lowest BCUT2D eigenvalue weighted by atomic mass is 10.0. The van der Waals surface area contributed by atoms with Gasteiger partial charge in [0.1, 0.15) is 29.1 Å². The number of benzene rings is 2. The van der Waals surface area contributed by atoms with Crippen LogP contribution in [-0.4, -0.2) is 49.1 Å². The van der Waals surface area contributed by atoms with E-state index in [0.29, 0.717) is 5.76 Å². The number of amides is 2. The fourth-order valence-electron chi connectivity index (χ4n) is 4.11. The summed E-state index contributed by atoms with van der Waals surface area (Å²) in [6.45, 7) is 8.45. The first-order valence-electron chi connectivity index (χ1n) is 12.1. The number of ether oxygens (including phenoxy) is 1. The van der Waals surface area contributed by atoms with E-state index in [1.807, 2.05) is 0 Å². The van der Waals surface area contributed by atoms with Crippen LogP contribution in [0, 0.1) is 12.7 Å². The molecule has 0 saturated heterocycles. The molecule has 39 heavy (non-hydrogen) atoms. The lowest BCUT2D eigenvalue weighted by Gasteiger charge is -2.38. The first-order chi connectivity index (χ1) is 18.2. The summed E-state index contributed by atoms with van der Waals surface area (Å²) in [7, 11) is -2.93. The number of carbonyl (C=O) groups is 2. The smallest absolute Gasteiger partial charge is 0.408 e. The maximum absolute atomic E-state index is 14.8. The predicted molar refractivity (Wildman–Crippen MR) is 145 cm³/mol. The van der Waals surface area contributed by atoms with Crippen LogP contribution in [0.2, 0.25) is 0 Å². The van der Waals surface area contributed by atoms with E-state index >= 15 is 0 Å². The molecule has 1 atom stereocenters. The number of halogens is 1. The number of furan rings is 1. The third kappa shape index (κ3) is 6.69. The van der Waals surface area contributed by atoms with Gasteiger partial charge in [-0.25, -0.2) is 17.6 Å². The molecule has 3 aromatic rings. The van der Waals surface area contributed by atoms with Gasteiger partial charge in [0.15, 0.2) is 0 Å². The number of anilines is 2. The average Bonchev–Trinajstić information content (AvgIpc) is 3.27. The zero-order valence-corrected chi connectivity index (χ0v) is 23.3. The van der Waals surface area contributed by atoms with Crippen molar-refractivity contribution >= 4 is 33.4 Å². The van der Waals surface area contributed by atoms with Crippen molar-refractivity contribution in [3.05, 3.63) is 60.1 Å². The van der Waals surface area contributed by atoms with Gasteiger partial charge in [0, 0.05) is 11.2 Å². The van der Waals surface area contributed by atoms with Crippen molar-refractivity contribution in [2.75, 3.05) is 17.1 Å². The molecule has 0 unspecified atom stereocenters. The second-order valence-electron chi connectivity index (χ2n) is 9.81. The van der Waals surface area contributed by atoms with E-state index in [1.54, 1.807) is 46.8 Å². The van der Waals surface area contributed by atoms with E-state index in [1.165, 1.54) is 37.4 Å². The maximum atomic E-state index is 14.8. The summed E-state index contributed by atoms with van der Waals surface area (Å²) in [5.41, 5.74) is -0.544. The Labute approximate surface area is 226 Å². The summed E-state index contributed by atoms with van der Waals surface area (Å²) in [6, 6.07) is 9.96. The maximum Gasteiger partial charge on any atom is 0.408 e. The molecule has 210 valence electrons. The Kier molecular flexibility index (Phi) is 8.59. The van der Waals surface area contributed by atoms with Gasteiger partial charge in [0.05, 0.1) is 23.3 Å². The van der Waals surface area contributed by atoms with Crippen LogP contribution in [0.5, 0.6) is 5.75 Å². The summed E-state index contributed by atoms with van der Waals surface area (Å²) in [6.07, 6.45) is -1.03. The van der Waals surface area contributed by atoms with E-state index in [0.717, 1.165) is 11.0 Å². The molecule has 0 aliphatic carbocycles. The normalized spacial score (nSPS) is 12.5. The molecule has 2 amide bonds. The zero-order chi connectivity index (χ0) is 29.1. The lowest BCUT2D eigenvalue weighted by molar-refractivity contribution is -0.122. The molecule has 0 saturated carbocycles. The first-order valence-corrected chi connectivity index (χ1v) is 13.6. The minimum Gasteiger partial charge on any atom is -0.495 e. The number of carbonyl (C=O) groups excluding carboxylic acids is 1. The van der Waals surface area contributed by atoms with Crippen molar-refractivity contribution in [1.82, 2.24) is 4.90 Å². The van der Waals surface area contributed by atoms with Crippen LogP contribution < -0.4 is 14.8 Å². The van der Waals surface area contributed by atoms with Crippen molar-refractivity contribution < 1.29 is 36.7 Å². The van der Waals surface area contributed by atoms with E-state index in [4.69, 9.17) is 9.15 Å². The van der Waals surface area contributed by atoms with Crippen LogP contribution >= 0.6 is 0 Å². The summed E-state index contributed by atoms with van der Waals surface area (Å²) in [5, 5.41) is 12.3. The number of hydrogen-bond donors (Lipinski definition) is 3. The zero-order valence-electron chi connectivity index (χ0n) is 22.5. The summed E-state index contributed by atoms with van der Waals surface area (Å²) >= 11 is 0. The summed E-state index contributed by atoms with van der Waals surface area (Å²) in [4.78, 5) is 25.7. The Bertz CT molecular complexity index is 1480. The second kappa shape index (κ2) is 11.4. The average molecular weight is 562 g/mol. The number of nitrogens with zero attached hydrogens (tertiary/aromatic N) is 1. The molecule has 3 N–H and O–H groups in total. The van der Waals surface area contributed by atoms with Gasteiger partial charge < -0.3 is 19.6 Å². The fourth-order valence-corrected chi connectivity index (χ4v) is 5.18. The van der Waals surface area contributed by atoms with Crippen LogP contribution in [0.25, 0.3) is 11.3 Å². The Morgan fingerprint density at radius 2 is 1.82 bits per heavy atom. The van der Waals surface area contributed by atoms with Crippen molar-refractivity contribution in [3.63, 3.8) is 0 Å². The molecular formula is C27H32FN3O7S. The minimum absolute atomic E-state index is 0.0135. The van der Waals surface area contributed by atoms with Gasteiger partial charge in [-0.15, -0.1) is 0 Å². The quantitative estimate of drug-likeness (QED) is 0.305. The van der Waals surface area contributed by atoms with Gasteiger partial charge in [-0.05, 0) is 82.6 Å². The topological polar surface area (TPSA) is 138 Å². The van der Waals surface area contributed by atoms with E-state index < -0.39 is 39.4 Å². The van der Waals surface area contributed by atoms with Crippen molar-refractivity contribution in [3.8, 4) is 17.1 Å².